The third-order valence-corrected chi connectivity index (χ3v) is 4.18. The van der Waals surface area contributed by atoms with Gasteiger partial charge in [-0.1, -0.05) is 23.4 Å². The van der Waals surface area contributed by atoms with Crippen LogP contribution in [0.5, 0.6) is 0 Å². The maximum atomic E-state index is 11.8. The van der Waals surface area contributed by atoms with Gasteiger partial charge in [-0.3, -0.25) is 4.79 Å². The minimum atomic E-state index is -3.36. The van der Waals surface area contributed by atoms with Crippen LogP contribution in [0, 0.1) is 11.8 Å². The minimum Gasteiger partial charge on any atom is -0.384 e. The zero-order chi connectivity index (χ0) is 15.9. The molecule has 0 aliphatic rings. The summed E-state index contributed by atoms with van der Waals surface area (Å²) >= 11 is 5.97. The van der Waals surface area contributed by atoms with Gasteiger partial charge < -0.3 is 10.4 Å². The van der Waals surface area contributed by atoms with E-state index >= 15 is 0 Å². The van der Waals surface area contributed by atoms with Crippen molar-refractivity contribution in [1.82, 2.24) is 10.0 Å². The molecule has 1 rings (SSSR count). The van der Waals surface area contributed by atoms with E-state index in [4.69, 9.17) is 16.7 Å². The molecule has 0 aliphatic carbocycles. The third kappa shape index (κ3) is 5.73. The van der Waals surface area contributed by atoms with E-state index in [-0.39, 0.29) is 23.9 Å². The first-order valence-electron chi connectivity index (χ1n) is 5.98. The molecule has 0 saturated carbocycles. The summed E-state index contributed by atoms with van der Waals surface area (Å²) in [5.74, 6) is 4.48. The standard InChI is InChI=1S/C13H15ClN2O4S/c1-15-21(19,20)8-6-16-13(18)11-5-4-10(3-2-7-17)12(14)9-11/h4-5,9,15,17H,6-8H2,1H3,(H,16,18). The summed E-state index contributed by atoms with van der Waals surface area (Å²) < 4.78 is 24.5. The van der Waals surface area contributed by atoms with E-state index < -0.39 is 15.9 Å². The fourth-order valence-corrected chi connectivity index (χ4v) is 2.20. The van der Waals surface area contributed by atoms with Crippen LogP contribution < -0.4 is 10.0 Å². The van der Waals surface area contributed by atoms with Gasteiger partial charge in [0.2, 0.25) is 10.0 Å². The number of aliphatic hydroxyl groups is 1. The van der Waals surface area contributed by atoms with Crippen molar-refractivity contribution in [3.8, 4) is 11.8 Å². The number of rotatable bonds is 5. The Hall–Kier alpha value is -1.59. The number of carbonyl (C=O) groups is 1. The molecule has 0 saturated heterocycles. The van der Waals surface area contributed by atoms with Crippen molar-refractivity contribution in [3.05, 3.63) is 34.3 Å². The lowest BCUT2D eigenvalue weighted by Gasteiger charge is -2.06. The first kappa shape index (κ1) is 17.5. The number of nitrogens with one attached hydrogen (secondary N) is 2. The first-order chi connectivity index (χ1) is 9.89. The quantitative estimate of drug-likeness (QED) is 0.660. The molecule has 0 heterocycles. The molecule has 6 nitrogen and oxygen atoms in total. The second-order valence-electron chi connectivity index (χ2n) is 3.93. The lowest BCUT2D eigenvalue weighted by atomic mass is 10.1. The van der Waals surface area contributed by atoms with Crippen LogP contribution in [-0.2, 0) is 10.0 Å². The van der Waals surface area contributed by atoms with Crippen LogP contribution in [0.2, 0.25) is 5.02 Å². The molecule has 1 aromatic rings. The van der Waals surface area contributed by atoms with E-state index in [2.05, 4.69) is 21.9 Å². The molecule has 3 N–H and O–H groups in total. The van der Waals surface area contributed by atoms with E-state index in [0.717, 1.165) is 0 Å². The van der Waals surface area contributed by atoms with Crippen molar-refractivity contribution in [3.63, 3.8) is 0 Å². The zero-order valence-corrected chi connectivity index (χ0v) is 12.9. The lowest BCUT2D eigenvalue weighted by Crippen LogP contribution is -2.32. The molecule has 0 aromatic heterocycles. The lowest BCUT2D eigenvalue weighted by molar-refractivity contribution is 0.0956. The summed E-state index contributed by atoms with van der Waals surface area (Å²) in [6.45, 7) is -0.288. The van der Waals surface area contributed by atoms with Gasteiger partial charge in [-0.2, -0.15) is 0 Å². The summed E-state index contributed by atoms with van der Waals surface area (Å²) in [7, 11) is -2.05. The largest absolute Gasteiger partial charge is 0.384 e. The number of halogens is 1. The number of carbonyl (C=O) groups excluding carboxylic acids is 1. The normalized spacial score (nSPS) is 10.6. The highest BCUT2D eigenvalue weighted by molar-refractivity contribution is 7.89. The Bertz CT molecular complexity index is 677. The van der Waals surface area contributed by atoms with Crippen LogP contribution >= 0.6 is 11.6 Å². The molecule has 0 radical (unpaired) electrons. The molecule has 8 heteroatoms. The number of amides is 1. The van der Waals surface area contributed by atoms with Gasteiger partial charge in [0.25, 0.3) is 5.91 Å². The number of benzene rings is 1. The topological polar surface area (TPSA) is 95.5 Å². The predicted octanol–water partition coefficient (Wildman–Crippen LogP) is -0.0372. The van der Waals surface area contributed by atoms with Crippen LogP contribution in [0.25, 0.3) is 0 Å². The summed E-state index contributed by atoms with van der Waals surface area (Å²) in [5, 5.41) is 11.4. The number of aliphatic hydroxyl groups excluding tert-OH is 1. The predicted molar refractivity (Wildman–Crippen MR) is 80.6 cm³/mol. The van der Waals surface area contributed by atoms with Crippen molar-refractivity contribution in [2.45, 2.75) is 0 Å². The molecule has 1 amide bonds. The molecule has 21 heavy (non-hydrogen) atoms. The van der Waals surface area contributed by atoms with Crippen LogP contribution in [0.3, 0.4) is 0 Å². The van der Waals surface area contributed by atoms with Crippen molar-refractivity contribution in [1.29, 1.82) is 0 Å². The molecular formula is C13H15ClN2O4S. The van der Waals surface area contributed by atoms with Gasteiger partial charge >= 0.3 is 0 Å². The van der Waals surface area contributed by atoms with Crippen LogP contribution in [0.1, 0.15) is 15.9 Å². The first-order valence-corrected chi connectivity index (χ1v) is 8.01. The average Bonchev–Trinajstić information content (AvgIpc) is 2.45. The summed E-state index contributed by atoms with van der Waals surface area (Å²) in [6.07, 6.45) is 0. The molecule has 0 spiro atoms. The summed E-state index contributed by atoms with van der Waals surface area (Å²) in [5.41, 5.74) is 0.802. The fourth-order valence-electron chi connectivity index (χ4n) is 1.40. The van der Waals surface area contributed by atoms with Gasteiger partial charge in [-0.15, -0.1) is 0 Å². The summed E-state index contributed by atoms with van der Waals surface area (Å²) in [6, 6.07) is 4.52. The Morgan fingerprint density at radius 1 is 1.43 bits per heavy atom. The fraction of sp³-hybridized carbons (Fsp3) is 0.308. The second kappa shape index (κ2) is 8.00. The van der Waals surface area contributed by atoms with Crippen molar-refractivity contribution < 1.29 is 18.3 Å². The van der Waals surface area contributed by atoms with Gasteiger partial charge in [0.05, 0.1) is 10.8 Å². The van der Waals surface area contributed by atoms with Gasteiger partial charge in [0.15, 0.2) is 0 Å². The highest BCUT2D eigenvalue weighted by atomic mass is 35.5. The zero-order valence-electron chi connectivity index (χ0n) is 11.3. The van der Waals surface area contributed by atoms with E-state index in [9.17, 15) is 13.2 Å². The molecule has 0 unspecified atom stereocenters. The molecule has 0 aliphatic heterocycles. The van der Waals surface area contributed by atoms with E-state index in [1.165, 1.54) is 19.2 Å². The number of hydrogen-bond acceptors (Lipinski definition) is 4. The van der Waals surface area contributed by atoms with Crippen molar-refractivity contribution >= 4 is 27.5 Å². The Labute approximate surface area is 128 Å². The van der Waals surface area contributed by atoms with Crippen LogP contribution in [0.4, 0.5) is 0 Å². The van der Waals surface area contributed by atoms with E-state index in [0.29, 0.717) is 11.1 Å². The van der Waals surface area contributed by atoms with Crippen molar-refractivity contribution in [2.24, 2.45) is 0 Å². The van der Waals surface area contributed by atoms with Gasteiger partial charge in [0.1, 0.15) is 6.61 Å². The molecular weight excluding hydrogens is 316 g/mol. The molecule has 0 fully saturated rings. The highest BCUT2D eigenvalue weighted by Gasteiger charge is 2.10. The summed E-state index contributed by atoms with van der Waals surface area (Å²) in [4.78, 5) is 11.8. The molecule has 0 atom stereocenters. The second-order valence-corrected chi connectivity index (χ2v) is 6.39. The van der Waals surface area contributed by atoms with Crippen molar-refractivity contribution in [2.75, 3.05) is 26.0 Å². The molecule has 114 valence electrons. The Balaban J connectivity index is 2.69. The molecule has 1 aromatic carbocycles. The van der Waals surface area contributed by atoms with Crippen LogP contribution in [-0.4, -0.2) is 45.4 Å². The Kier molecular flexibility index (Phi) is 6.65. The monoisotopic (exact) mass is 330 g/mol. The van der Waals surface area contributed by atoms with Gasteiger partial charge in [-0.05, 0) is 25.2 Å². The smallest absolute Gasteiger partial charge is 0.251 e. The average molecular weight is 331 g/mol. The SMILES string of the molecule is CNS(=O)(=O)CCNC(=O)c1ccc(C#CCO)c(Cl)c1. The maximum absolute atomic E-state index is 11.8. The number of hydrogen-bond donors (Lipinski definition) is 3. The molecule has 0 bridgehead atoms. The Morgan fingerprint density at radius 2 is 2.14 bits per heavy atom. The third-order valence-electron chi connectivity index (χ3n) is 2.50. The van der Waals surface area contributed by atoms with E-state index in [1.54, 1.807) is 6.07 Å². The van der Waals surface area contributed by atoms with Gasteiger partial charge in [0, 0.05) is 17.7 Å². The minimum absolute atomic E-state index is 0.00824. The highest BCUT2D eigenvalue weighted by Crippen LogP contribution is 2.16. The Morgan fingerprint density at radius 3 is 2.71 bits per heavy atom. The van der Waals surface area contributed by atoms with E-state index in [1.807, 2.05) is 0 Å². The number of sulfonamides is 1. The van der Waals surface area contributed by atoms with Crippen LogP contribution in [0.15, 0.2) is 18.2 Å². The maximum Gasteiger partial charge on any atom is 0.251 e. The van der Waals surface area contributed by atoms with Gasteiger partial charge in [-0.25, -0.2) is 13.1 Å².